The lowest BCUT2D eigenvalue weighted by Gasteiger charge is -2.23. The largest absolute Gasteiger partial charge is 0.481 e. The molecule has 1 aliphatic carbocycles. The van der Waals surface area contributed by atoms with Crippen LogP contribution in [0.2, 0.25) is 0 Å². The van der Waals surface area contributed by atoms with Crippen molar-refractivity contribution in [3.05, 3.63) is 106 Å². The lowest BCUT2D eigenvalue weighted by atomic mass is 9.81. The van der Waals surface area contributed by atoms with Crippen molar-refractivity contribution in [1.29, 1.82) is 0 Å². The summed E-state index contributed by atoms with van der Waals surface area (Å²) < 4.78 is 41.0. The SMILES string of the molecule is O=C(O)CCNC(=O)c1ccc(C(=O)C(CC(=O)c2ccccc2C(F)(F)F)c2ccc(C3CCCCC3)cc2)cc1. The van der Waals surface area contributed by atoms with Gasteiger partial charge < -0.3 is 10.4 Å². The molecule has 0 bridgehead atoms. The molecule has 0 aromatic heterocycles. The number of ketones is 2. The van der Waals surface area contributed by atoms with Crippen molar-refractivity contribution >= 4 is 23.4 Å². The normalized spacial score (nSPS) is 14.6. The minimum absolute atomic E-state index is 0.0602. The summed E-state index contributed by atoms with van der Waals surface area (Å²) >= 11 is 0. The number of hydrogen-bond donors (Lipinski definition) is 2. The van der Waals surface area contributed by atoms with Gasteiger partial charge in [0.1, 0.15) is 0 Å². The average Bonchev–Trinajstić information content (AvgIpc) is 2.99. The Morgan fingerprint density at radius 2 is 1.45 bits per heavy atom. The van der Waals surface area contributed by atoms with Crippen molar-refractivity contribution in [3.63, 3.8) is 0 Å². The summed E-state index contributed by atoms with van der Waals surface area (Å²) in [7, 11) is 0. The lowest BCUT2D eigenvalue weighted by Crippen LogP contribution is -2.26. The second-order valence-corrected chi connectivity index (χ2v) is 10.6. The van der Waals surface area contributed by atoms with Crippen molar-refractivity contribution < 1.29 is 37.5 Å². The Morgan fingerprint density at radius 1 is 0.833 bits per heavy atom. The minimum Gasteiger partial charge on any atom is -0.481 e. The van der Waals surface area contributed by atoms with Gasteiger partial charge in [0.05, 0.1) is 17.9 Å². The molecule has 1 amide bonds. The van der Waals surface area contributed by atoms with Crippen LogP contribution in [0.15, 0.2) is 72.8 Å². The van der Waals surface area contributed by atoms with Crippen molar-refractivity contribution in [2.45, 2.75) is 63.0 Å². The molecule has 2 N–H and O–H groups in total. The van der Waals surface area contributed by atoms with Gasteiger partial charge in [0.25, 0.3) is 5.91 Å². The predicted molar refractivity (Wildman–Crippen MR) is 151 cm³/mol. The van der Waals surface area contributed by atoms with E-state index in [1.807, 2.05) is 12.1 Å². The smallest absolute Gasteiger partial charge is 0.417 e. The summed E-state index contributed by atoms with van der Waals surface area (Å²) in [6.45, 7) is -0.0602. The van der Waals surface area contributed by atoms with Crippen molar-refractivity contribution in [1.82, 2.24) is 5.32 Å². The Labute approximate surface area is 242 Å². The summed E-state index contributed by atoms with van der Waals surface area (Å²) in [5.74, 6) is -3.46. The zero-order chi connectivity index (χ0) is 30.3. The van der Waals surface area contributed by atoms with Crippen LogP contribution >= 0.6 is 0 Å². The number of carboxylic acids is 1. The maximum atomic E-state index is 13.8. The van der Waals surface area contributed by atoms with Gasteiger partial charge in [0.15, 0.2) is 11.6 Å². The van der Waals surface area contributed by atoms with E-state index in [2.05, 4.69) is 5.32 Å². The van der Waals surface area contributed by atoms with E-state index in [9.17, 15) is 32.3 Å². The van der Waals surface area contributed by atoms with E-state index in [1.54, 1.807) is 12.1 Å². The van der Waals surface area contributed by atoms with E-state index >= 15 is 0 Å². The highest BCUT2D eigenvalue weighted by Gasteiger charge is 2.36. The van der Waals surface area contributed by atoms with Crippen LogP contribution in [0.3, 0.4) is 0 Å². The highest BCUT2D eigenvalue weighted by atomic mass is 19.4. The Kier molecular flexibility index (Phi) is 9.93. The highest BCUT2D eigenvalue weighted by molar-refractivity contribution is 6.07. The fraction of sp³-hybridized carbons (Fsp3) is 0.333. The molecule has 1 atom stereocenters. The van der Waals surface area contributed by atoms with Gasteiger partial charge in [-0.05, 0) is 48.1 Å². The number of halogens is 3. The van der Waals surface area contributed by atoms with E-state index in [4.69, 9.17) is 5.11 Å². The Bertz CT molecular complexity index is 1430. The molecule has 0 aliphatic heterocycles. The second-order valence-electron chi connectivity index (χ2n) is 10.6. The first-order valence-electron chi connectivity index (χ1n) is 14.0. The quantitative estimate of drug-likeness (QED) is 0.234. The van der Waals surface area contributed by atoms with Crippen LogP contribution in [-0.2, 0) is 11.0 Å². The van der Waals surface area contributed by atoms with Gasteiger partial charge >= 0.3 is 12.1 Å². The molecule has 1 fully saturated rings. The standard InChI is InChI=1S/C33H32F3NO5/c34-33(35,36)28-9-5-4-8-26(28)29(38)20-27(23-12-10-22(11-13-23)21-6-2-1-3-7-21)31(41)24-14-16-25(17-15-24)32(42)37-19-18-30(39)40/h4-5,8-17,21,27H,1-3,6-7,18-20H2,(H,37,42)(H,39,40). The van der Waals surface area contributed by atoms with Crippen LogP contribution in [0.1, 0.15) is 105 Å². The van der Waals surface area contributed by atoms with Gasteiger partial charge in [-0.3, -0.25) is 19.2 Å². The first kappa shape index (κ1) is 30.7. The second kappa shape index (κ2) is 13.6. The molecule has 1 saturated carbocycles. The molecule has 3 aromatic rings. The lowest BCUT2D eigenvalue weighted by molar-refractivity contribution is -0.138. The summed E-state index contributed by atoms with van der Waals surface area (Å²) in [6, 6.07) is 17.6. The number of alkyl halides is 3. The van der Waals surface area contributed by atoms with Gasteiger partial charge in [0, 0.05) is 29.7 Å². The molecule has 1 unspecified atom stereocenters. The fourth-order valence-corrected chi connectivity index (χ4v) is 5.44. The number of aliphatic carboxylic acids is 1. The zero-order valence-corrected chi connectivity index (χ0v) is 23.0. The molecule has 9 heteroatoms. The van der Waals surface area contributed by atoms with Crippen molar-refractivity contribution in [2.75, 3.05) is 6.54 Å². The Balaban J connectivity index is 1.61. The molecule has 3 aromatic carbocycles. The topological polar surface area (TPSA) is 101 Å². The van der Waals surface area contributed by atoms with Crippen LogP contribution in [0.5, 0.6) is 0 Å². The molecule has 4 rings (SSSR count). The Morgan fingerprint density at radius 3 is 2.07 bits per heavy atom. The first-order valence-corrected chi connectivity index (χ1v) is 14.0. The van der Waals surface area contributed by atoms with Crippen LogP contribution in [0, 0.1) is 0 Å². The zero-order valence-electron chi connectivity index (χ0n) is 23.0. The number of Topliss-reactive ketones (excluding diaryl/α,β-unsaturated/α-hetero) is 2. The van der Waals surface area contributed by atoms with E-state index in [-0.39, 0.29) is 24.1 Å². The van der Waals surface area contributed by atoms with Gasteiger partial charge in [0.2, 0.25) is 0 Å². The molecule has 0 heterocycles. The summed E-state index contributed by atoms with van der Waals surface area (Å²) in [4.78, 5) is 50.1. The molecule has 1 aliphatic rings. The molecule has 6 nitrogen and oxygen atoms in total. The predicted octanol–water partition coefficient (Wildman–Crippen LogP) is 7.20. The third-order valence-corrected chi connectivity index (χ3v) is 7.71. The van der Waals surface area contributed by atoms with E-state index in [1.165, 1.54) is 42.8 Å². The number of rotatable bonds is 11. The third kappa shape index (κ3) is 7.72. The van der Waals surface area contributed by atoms with Crippen molar-refractivity contribution in [2.24, 2.45) is 0 Å². The summed E-state index contributed by atoms with van der Waals surface area (Å²) in [5.41, 5.74) is 0.516. The number of hydrogen-bond acceptors (Lipinski definition) is 4. The molecule has 0 spiro atoms. The number of carbonyl (C=O) groups excluding carboxylic acids is 3. The fourth-order valence-electron chi connectivity index (χ4n) is 5.44. The molecule has 0 radical (unpaired) electrons. The maximum Gasteiger partial charge on any atom is 0.417 e. The van der Waals surface area contributed by atoms with Gasteiger partial charge in [-0.15, -0.1) is 0 Å². The van der Waals surface area contributed by atoms with Crippen LogP contribution < -0.4 is 5.32 Å². The number of nitrogens with one attached hydrogen (secondary N) is 1. The number of benzene rings is 3. The average molecular weight is 580 g/mol. The van der Waals surface area contributed by atoms with Crippen LogP contribution in [0.4, 0.5) is 13.2 Å². The monoisotopic (exact) mass is 579 g/mol. The maximum absolute atomic E-state index is 13.8. The first-order chi connectivity index (χ1) is 20.0. The molecule has 220 valence electrons. The Hall–Kier alpha value is -4.27. The number of carboxylic acid groups (broad SMARTS) is 1. The number of carbonyl (C=O) groups is 4. The van der Waals surface area contributed by atoms with Gasteiger partial charge in [-0.25, -0.2) is 0 Å². The highest BCUT2D eigenvalue weighted by Crippen LogP contribution is 2.36. The molecule has 0 saturated heterocycles. The molecule has 42 heavy (non-hydrogen) atoms. The third-order valence-electron chi connectivity index (χ3n) is 7.71. The van der Waals surface area contributed by atoms with Gasteiger partial charge in [-0.1, -0.05) is 73.9 Å². The summed E-state index contributed by atoms with van der Waals surface area (Å²) in [5, 5.41) is 11.2. The number of amides is 1. The van der Waals surface area contributed by atoms with E-state index in [0.717, 1.165) is 43.4 Å². The van der Waals surface area contributed by atoms with Crippen LogP contribution in [0.25, 0.3) is 0 Å². The molecular formula is C33H32F3NO5. The van der Waals surface area contributed by atoms with Gasteiger partial charge in [-0.2, -0.15) is 13.2 Å². The van der Waals surface area contributed by atoms with Crippen LogP contribution in [-0.4, -0.2) is 35.1 Å². The molecular weight excluding hydrogens is 547 g/mol. The van der Waals surface area contributed by atoms with Crippen molar-refractivity contribution in [3.8, 4) is 0 Å². The minimum atomic E-state index is -4.73. The van der Waals surface area contributed by atoms with E-state index in [0.29, 0.717) is 11.5 Å². The summed E-state index contributed by atoms with van der Waals surface area (Å²) in [6.07, 6.45) is 0.211. The van der Waals surface area contributed by atoms with E-state index < -0.39 is 53.1 Å².